The molecule has 10 heteroatoms. The standard InChI is InChI=1S/C19H17N5O5/c1-23-7-6-10-12(23)4-3-5-13(10)24-17(21-22-19(24)29-18(20)27)11-8-16(28-2)15(26)9-14(11)25/h3-9,25-26H,1-2H3,(H2,20,27). The summed E-state index contributed by atoms with van der Waals surface area (Å²) in [6.07, 6.45) is 0.825. The van der Waals surface area contributed by atoms with E-state index in [4.69, 9.17) is 15.2 Å². The minimum Gasteiger partial charge on any atom is -0.507 e. The lowest BCUT2D eigenvalue weighted by molar-refractivity contribution is 0.206. The first-order chi connectivity index (χ1) is 13.9. The Morgan fingerprint density at radius 2 is 1.93 bits per heavy atom. The molecule has 4 aromatic rings. The molecule has 2 aromatic heterocycles. The van der Waals surface area contributed by atoms with Crippen LogP contribution in [0.1, 0.15) is 0 Å². The largest absolute Gasteiger partial charge is 0.507 e. The van der Waals surface area contributed by atoms with Gasteiger partial charge in [0.25, 0.3) is 0 Å². The van der Waals surface area contributed by atoms with Crippen molar-refractivity contribution in [3.8, 4) is 40.3 Å². The van der Waals surface area contributed by atoms with Gasteiger partial charge in [-0.15, -0.1) is 5.10 Å². The van der Waals surface area contributed by atoms with E-state index in [-0.39, 0.29) is 34.6 Å². The summed E-state index contributed by atoms with van der Waals surface area (Å²) in [5, 5.41) is 29.1. The molecule has 0 atom stereocenters. The number of primary amides is 1. The fourth-order valence-corrected chi connectivity index (χ4v) is 3.20. The summed E-state index contributed by atoms with van der Waals surface area (Å²) in [7, 11) is 3.28. The summed E-state index contributed by atoms with van der Waals surface area (Å²) in [6.45, 7) is 0. The molecule has 4 rings (SSSR count). The molecule has 29 heavy (non-hydrogen) atoms. The molecular weight excluding hydrogens is 378 g/mol. The smallest absolute Gasteiger partial charge is 0.412 e. The minimum atomic E-state index is -1.06. The maximum atomic E-state index is 11.4. The minimum absolute atomic E-state index is 0.127. The Labute approximate surface area is 164 Å². The van der Waals surface area contributed by atoms with Crippen LogP contribution in [-0.4, -0.2) is 42.7 Å². The van der Waals surface area contributed by atoms with E-state index in [9.17, 15) is 15.0 Å². The molecule has 0 aliphatic heterocycles. The second-order valence-electron chi connectivity index (χ2n) is 6.24. The fraction of sp³-hybridized carbons (Fsp3) is 0.105. The Bertz CT molecular complexity index is 1240. The van der Waals surface area contributed by atoms with E-state index in [1.165, 1.54) is 17.7 Å². The average Bonchev–Trinajstić information content (AvgIpc) is 3.25. The molecule has 10 nitrogen and oxygen atoms in total. The van der Waals surface area contributed by atoms with Crippen molar-refractivity contribution in [2.45, 2.75) is 0 Å². The number of carbonyl (C=O) groups is 1. The highest BCUT2D eigenvalue weighted by molar-refractivity contribution is 5.90. The van der Waals surface area contributed by atoms with Crippen LogP contribution < -0.4 is 15.2 Å². The van der Waals surface area contributed by atoms with Crippen molar-refractivity contribution in [3.63, 3.8) is 0 Å². The second-order valence-corrected chi connectivity index (χ2v) is 6.24. The lowest BCUT2D eigenvalue weighted by atomic mass is 10.1. The molecule has 2 aromatic carbocycles. The van der Waals surface area contributed by atoms with Crippen molar-refractivity contribution in [2.24, 2.45) is 12.8 Å². The summed E-state index contributed by atoms with van der Waals surface area (Å²) in [4.78, 5) is 11.4. The number of rotatable bonds is 4. The Balaban J connectivity index is 2.03. The maximum Gasteiger partial charge on any atom is 0.412 e. The van der Waals surface area contributed by atoms with Crippen LogP contribution in [0.15, 0.2) is 42.6 Å². The first kappa shape index (κ1) is 18.2. The topological polar surface area (TPSA) is 138 Å². The van der Waals surface area contributed by atoms with E-state index in [1.54, 1.807) is 6.07 Å². The van der Waals surface area contributed by atoms with Crippen LogP contribution in [0, 0.1) is 0 Å². The number of aryl methyl sites for hydroxylation is 1. The molecule has 1 amide bonds. The van der Waals surface area contributed by atoms with Gasteiger partial charge in [-0.1, -0.05) is 11.2 Å². The third-order valence-electron chi connectivity index (χ3n) is 4.51. The van der Waals surface area contributed by atoms with Crippen molar-refractivity contribution in [2.75, 3.05) is 7.11 Å². The van der Waals surface area contributed by atoms with Crippen molar-refractivity contribution >= 4 is 17.0 Å². The number of hydrogen-bond acceptors (Lipinski definition) is 7. The van der Waals surface area contributed by atoms with E-state index in [2.05, 4.69) is 10.2 Å². The number of hydrogen-bond donors (Lipinski definition) is 3. The third kappa shape index (κ3) is 2.96. The van der Waals surface area contributed by atoms with Crippen LogP contribution in [0.5, 0.6) is 23.3 Å². The molecule has 0 fully saturated rings. The van der Waals surface area contributed by atoms with E-state index >= 15 is 0 Å². The van der Waals surface area contributed by atoms with Crippen LogP contribution in [0.2, 0.25) is 0 Å². The molecule has 0 aliphatic carbocycles. The highest BCUT2D eigenvalue weighted by Crippen LogP contribution is 2.40. The predicted molar refractivity (Wildman–Crippen MR) is 103 cm³/mol. The molecule has 148 valence electrons. The quantitative estimate of drug-likeness (QED) is 0.482. The zero-order valence-electron chi connectivity index (χ0n) is 15.5. The molecule has 0 unspecified atom stereocenters. The first-order valence-electron chi connectivity index (χ1n) is 8.48. The Hall–Kier alpha value is -4.21. The van der Waals surface area contributed by atoms with Crippen molar-refractivity contribution in [1.82, 2.24) is 19.3 Å². The summed E-state index contributed by atoms with van der Waals surface area (Å²) in [5.41, 5.74) is 6.91. The number of nitrogens with two attached hydrogens (primary N) is 1. The molecule has 2 heterocycles. The van der Waals surface area contributed by atoms with Gasteiger partial charge in [0.15, 0.2) is 17.3 Å². The van der Waals surface area contributed by atoms with Gasteiger partial charge in [0.05, 0.1) is 18.4 Å². The van der Waals surface area contributed by atoms with Crippen LogP contribution in [0.25, 0.3) is 28.0 Å². The van der Waals surface area contributed by atoms with E-state index in [0.717, 1.165) is 17.0 Å². The fourth-order valence-electron chi connectivity index (χ4n) is 3.20. The van der Waals surface area contributed by atoms with Gasteiger partial charge in [-0.25, -0.2) is 9.36 Å². The monoisotopic (exact) mass is 395 g/mol. The van der Waals surface area contributed by atoms with Gasteiger partial charge in [-0.3, -0.25) is 0 Å². The lowest BCUT2D eigenvalue weighted by Crippen LogP contribution is -2.18. The number of aromatic hydroxyl groups is 2. The second kappa shape index (κ2) is 6.75. The number of fused-ring (bicyclic) bond motifs is 1. The van der Waals surface area contributed by atoms with Crippen molar-refractivity contribution < 1.29 is 24.5 Å². The molecule has 0 aliphatic rings. The SMILES string of the molecule is COc1cc(-c2nnc(OC(N)=O)n2-c2cccc3c2ccn3C)c(O)cc1O. The van der Waals surface area contributed by atoms with E-state index in [0.29, 0.717) is 5.69 Å². The van der Waals surface area contributed by atoms with Crippen LogP contribution in [0.3, 0.4) is 0 Å². The predicted octanol–water partition coefficient (Wildman–Crippen LogP) is 2.30. The van der Waals surface area contributed by atoms with Crippen LogP contribution >= 0.6 is 0 Å². The Kier molecular flexibility index (Phi) is 4.23. The number of amides is 1. The normalized spacial score (nSPS) is 11.0. The zero-order chi connectivity index (χ0) is 20.7. The molecule has 0 saturated carbocycles. The third-order valence-corrected chi connectivity index (χ3v) is 4.51. The van der Waals surface area contributed by atoms with Crippen molar-refractivity contribution in [1.29, 1.82) is 0 Å². The number of nitrogens with zero attached hydrogens (tertiary/aromatic N) is 4. The summed E-state index contributed by atoms with van der Waals surface area (Å²) >= 11 is 0. The maximum absolute atomic E-state index is 11.4. The van der Waals surface area contributed by atoms with Gasteiger partial charge in [0.1, 0.15) is 5.75 Å². The number of benzene rings is 2. The molecule has 0 radical (unpaired) electrons. The molecule has 0 saturated heterocycles. The molecule has 4 N–H and O–H groups in total. The van der Waals surface area contributed by atoms with Gasteiger partial charge in [-0.2, -0.15) is 0 Å². The molecular formula is C19H17N5O5. The number of methoxy groups -OCH3 is 1. The van der Waals surface area contributed by atoms with E-state index < -0.39 is 6.09 Å². The first-order valence-corrected chi connectivity index (χ1v) is 8.48. The summed E-state index contributed by atoms with van der Waals surface area (Å²) in [6, 6.07) is 9.80. The average molecular weight is 395 g/mol. The number of phenols is 2. The van der Waals surface area contributed by atoms with Gasteiger partial charge in [0.2, 0.25) is 0 Å². The summed E-state index contributed by atoms with van der Waals surface area (Å²) in [5.74, 6) is -0.211. The number of ether oxygens (including phenoxy) is 2. The lowest BCUT2D eigenvalue weighted by Gasteiger charge is -2.13. The highest BCUT2D eigenvalue weighted by Gasteiger charge is 2.23. The van der Waals surface area contributed by atoms with E-state index in [1.807, 2.05) is 36.0 Å². The van der Waals surface area contributed by atoms with Crippen molar-refractivity contribution in [3.05, 3.63) is 42.6 Å². The van der Waals surface area contributed by atoms with Gasteiger partial charge >= 0.3 is 12.1 Å². The number of phenolic OH excluding ortho intramolecular Hbond substituents is 2. The van der Waals surface area contributed by atoms with Gasteiger partial charge in [-0.05, 0) is 24.3 Å². The van der Waals surface area contributed by atoms with Gasteiger partial charge in [0, 0.05) is 30.2 Å². The molecule has 0 spiro atoms. The zero-order valence-corrected chi connectivity index (χ0v) is 15.5. The Morgan fingerprint density at radius 1 is 1.14 bits per heavy atom. The van der Waals surface area contributed by atoms with Crippen LogP contribution in [0.4, 0.5) is 4.79 Å². The highest BCUT2D eigenvalue weighted by atomic mass is 16.6. The van der Waals surface area contributed by atoms with Crippen LogP contribution in [-0.2, 0) is 7.05 Å². The molecule has 0 bridgehead atoms. The van der Waals surface area contributed by atoms with Gasteiger partial charge < -0.3 is 30.0 Å². The number of carbonyl (C=O) groups excluding carboxylic acids is 1. The Morgan fingerprint density at radius 3 is 2.66 bits per heavy atom. The summed E-state index contributed by atoms with van der Waals surface area (Å²) < 4.78 is 13.5. The number of aromatic nitrogens is 4.